The maximum atomic E-state index is 13.0. The molecule has 2 aliphatic rings. The first-order chi connectivity index (χ1) is 13.4. The number of carbonyl (C=O) groups is 1. The predicted molar refractivity (Wildman–Crippen MR) is 106 cm³/mol. The standard InChI is InChI=1S/C20H26N2O5S/c1-3-26-16-4-5-18-17(12-16)14(2)19(27-18)20(23)22-9-7-21(8-10-22)15-6-11-28(24,25)13-15/h4-5,12,15H,3,6-11,13H2,1-2H3/p+1/t15-/m0/s1. The Bertz CT molecular complexity index is 989. The van der Waals surface area contributed by atoms with E-state index in [0.717, 1.165) is 36.2 Å². The molecule has 1 aromatic carbocycles. The summed E-state index contributed by atoms with van der Waals surface area (Å²) in [5.41, 5.74) is 1.52. The number of hydrogen-bond acceptors (Lipinski definition) is 5. The fourth-order valence-corrected chi connectivity index (χ4v) is 6.15. The van der Waals surface area contributed by atoms with Crippen LogP contribution in [0.4, 0.5) is 0 Å². The number of piperazine rings is 1. The third kappa shape index (κ3) is 3.63. The monoisotopic (exact) mass is 407 g/mol. The predicted octanol–water partition coefficient (Wildman–Crippen LogP) is 0.668. The smallest absolute Gasteiger partial charge is 0.290 e. The molecule has 1 N–H and O–H groups in total. The van der Waals surface area contributed by atoms with Gasteiger partial charge in [-0.05, 0) is 32.0 Å². The van der Waals surface area contributed by atoms with E-state index in [2.05, 4.69) is 0 Å². The summed E-state index contributed by atoms with van der Waals surface area (Å²) in [7, 11) is -2.87. The fraction of sp³-hybridized carbons (Fsp3) is 0.550. The molecule has 0 bridgehead atoms. The molecule has 0 radical (unpaired) electrons. The lowest BCUT2D eigenvalue weighted by molar-refractivity contribution is -0.925. The van der Waals surface area contributed by atoms with Crippen LogP contribution in [0.25, 0.3) is 11.0 Å². The Morgan fingerprint density at radius 1 is 1.32 bits per heavy atom. The fourth-order valence-electron chi connectivity index (χ4n) is 4.33. The minimum absolute atomic E-state index is 0.0928. The molecule has 0 aliphatic carbocycles. The van der Waals surface area contributed by atoms with E-state index in [1.54, 1.807) is 0 Å². The number of carbonyl (C=O) groups excluding carboxylic acids is 1. The Hall–Kier alpha value is -2.06. The van der Waals surface area contributed by atoms with Crippen LogP contribution in [-0.4, -0.2) is 69.6 Å². The summed E-state index contributed by atoms with van der Waals surface area (Å²) in [5, 5.41) is 0.898. The van der Waals surface area contributed by atoms with Crippen molar-refractivity contribution in [3.63, 3.8) is 0 Å². The highest BCUT2D eigenvalue weighted by atomic mass is 32.2. The van der Waals surface area contributed by atoms with E-state index in [0.29, 0.717) is 36.8 Å². The van der Waals surface area contributed by atoms with Crippen molar-refractivity contribution in [2.45, 2.75) is 26.3 Å². The summed E-state index contributed by atoms with van der Waals surface area (Å²) >= 11 is 0. The first kappa shape index (κ1) is 19.3. The second-order valence-corrected chi connectivity index (χ2v) is 9.93. The van der Waals surface area contributed by atoms with Gasteiger partial charge in [-0.3, -0.25) is 4.79 Å². The first-order valence-electron chi connectivity index (χ1n) is 9.88. The molecule has 0 unspecified atom stereocenters. The zero-order valence-corrected chi connectivity index (χ0v) is 17.2. The second-order valence-electron chi connectivity index (χ2n) is 7.70. The molecular formula is C20H27N2O5S+. The number of sulfone groups is 1. The number of hydrogen-bond donors (Lipinski definition) is 1. The molecule has 0 spiro atoms. The average Bonchev–Trinajstić information content (AvgIpc) is 3.21. The van der Waals surface area contributed by atoms with Crippen molar-refractivity contribution in [2.75, 3.05) is 44.3 Å². The van der Waals surface area contributed by atoms with Crippen LogP contribution < -0.4 is 9.64 Å². The highest BCUT2D eigenvalue weighted by Gasteiger charge is 2.38. The van der Waals surface area contributed by atoms with Crippen molar-refractivity contribution in [1.82, 2.24) is 4.90 Å². The van der Waals surface area contributed by atoms with Gasteiger partial charge in [0.2, 0.25) is 0 Å². The molecule has 2 saturated heterocycles. The van der Waals surface area contributed by atoms with Crippen LogP contribution >= 0.6 is 0 Å². The molecule has 2 aromatic rings. The molecular weight excluding hydrogens is 380 g/mol. The number of furan rings is 1. The summed E-state index contributed by atoms with van der Waals surface area (Å²) in [6, 6.07) is 5.78. The number of nitrogens with one attached hydrogen (secondary N) is 1. The van der Waals surface area contributed by atoms with Crippen LogP contribution in [0.5, 0.6) is 5.75 Å². The van der Waals surface area contributed by atoms with Gasteiger partial charge >= 0.3 is 0 Å². The van der Waals surface area contributed by atoms with Gasteiger partial charge in [-0.1, -0.05) is 0 Å². The van der Waals surface area contributed by atoms with Crippen LogP contribution in [-0.2, 0) is 9.84 Å². The van der Waals surface area contributed by atoms with Crippen molar-refractivity contribution in [3.8, 4) is 5.75 Å². The number of ether oxygens (including phenoxy) is 1. The molecule has 1 aromatic heterocycles. The van der Waals surface area contributed by atoms with Gasteiger partial charge in [-0.15, -0.1) is 0 Å². The molecule has 2 fully saturated rings. The van der Waals surface area contributed by atoms with E-state index in [1.165, 1.54) is 4.90 Å². The number of aryl methyl sites for hydroxylation is 1. The van der Waals surface area contributed by atoms with Crippen LogP contribution in [0.2, 0.25) is 0 Å². The molecule has 2 aliphatic heterocycles. The average molecular weight is 408 g/mol. The largest absolute Gasteiger partial charge is 0.494 e. The number of nitrogens with zero attached hydrogens (tertiary/aromatic N) is 1. The third-order valence-electron chi connectivity index (χ3n) is 5.92. The van der Waals surface area contributed by atoms with Crippen LogP contribution in [0.3, 0.4) is 0 Å². The molecule has 7 nitrogen and oxygen atoms in total. The molecule has 3 heterocycles. The Kier molecular flexibility index (Phi) is 5.09. The Labute approximate surface area is 165 Å². The van der Waals surface area contributed by atoms with Crippen molar-refractivity contribution in [3.05, 3.63) is 29.5 Å². The minimum Gasteiger partial charge on any atom is -0.494 e. The number of rotatable bonds is 4. The van der Waals surface area contributed by atoms with Gasteiger partial charge in [0, 0.05) is 17.4 Å². The maximum Gasteiger partial charge on any atom is 0.290 e. The molecule has 1 atom stereocenters. The van der Waals surface area contributed by atoms with Gasteiger partial charge in [0.1, 0.15) is 23.1 Å². The lowest BCUT2D eigenvalue weighted by Gasteiger charge is -2.34. The number of benzene rings is 1. The van der Waals surface area contributed by atoms with E-state index in [4.69, 9.17) is 9.15 Å². The minimum atomic E-state index is -2.87. The zero-order valence-electron chi connectivity index (χ0n) is 16.4. The number of amides is 1. The third-order valence-corrected chi connectivity index (χ3v) is 7.68. The summed E-state index contributed by atoms with van der Waals surface area (Å²) in [6.07, 6.45) is 0.733. The van der Waals surface area contributed by atoms with Crippen LogP contribution in [0, 0.1) is 6.92 Å². The topological polar surface area (TPSA) is 81.3 Å². The second kappa shape index (κ2) is 7.40. The molecule has 152 valence electrons. The lowest BCUT2D eigenvalue weighted by atomic mass is 10.1. The van der Waals surface area contributed by atoms with Crippen LogP contribution in [0.1, 0.15) is 29.5 Å². The van der Waals surface area contributed by atoms with E-state index in [9.17, 15) is 13.2 Å². The van der Waals surface area contributed by atoms with Gasteiger partial charge in [-0.25, -0.2) is 8.42 Å². The molecule has 1 amide bonds. The highest BCUT2D eigenvalue weighted by molar-refractivity contribution is 7.91. The molecule has 4 rings (SSSR count). The maximum absolute atomic E-state index is 13.0. The van der Waals surface area contributed by atoms with Gasteiger partial charge in [0.25, 0.3) is 5.91 Å². The molecule has 8 heteroatoms. The van der Waals surface area contributed by atoms with E-state index >= 15 is 0 Å². The van der Waals surface area contributed by atoms with Gasteiger partial charge in [-0.2, -0.15) is 0 Å². The summed E-state index contributed by atoms with van der Waals surface area (Å²) in [6.45, 7) is 7.21. The van der Waals surface area contributed by atoms with E-state index in [1.807, 2.05) is 36.9 Å². The summed E-state index contributed by atoms with van der Waals surface area (Å²) < 4.78 is 34.9. The van der Waals surface area contributed by atoms with E-state index < -0.39 is 9.84 Å². The van der Waals surface area contributed by atoms with Crippen molar-refractivity contribution in [1.29, 1.82) is 0 Å². The first-order valence-corrected chi connectivity index (χ1v) is 11.7. The van der Waals surface area contributed by atoms with Gasteiger partial charge < -0.3 is 19.0 Å². The van der Waals surface area contributed by atoms with Crippen molar-refractivity contribution < 1.29 is 27.3 Å². The molecule has 28 heavy (non-hydrogen) atoms. The zero-order chi connectivity index (χ0) is 19.9. The summed E-state index contributed by atoms with van der Waals surface area (Å²) in [4.78, 5) is 16.1. The van der Waals surface area contributed by atoms with E-state index in [-0.39, 0.29) is 17.7 Å². The lowest BCUT2D eigenvalue weighted by Crippen LogP contribution is -3.18. The van der Waals surface area contributed by atoms with Crippen molar-refractivity contribution >= 4 is 26.7 Å². The summed E-state index contributed by atoms with van der Waals surface area (Å²) in [5.74, 6) is 1.63. The normalized spacial score (nSPS) is 22.6. The number of fused-ring (bicyclic) bond motifs is 1. The Morgan fingerprint density at radius 2 is 2.07 bits per heavy atom. The molecule has 0 saturated carbocycles. The van der Waals surface area contributed by atoms with Gasteiger partial charge in [0.15, 0.2) is 15.6 Å². The van der Waals surface area contributed by atoms with Crippen molar-refractivity contribution in [2.24, 2.45) is 0 Å². The quantitative estimate of drug-likeness (QED) is 0.806. The number of quaternary nitrogens is 1. The van der Waals surface area contributed by atoms with Gasteiger partial charge in [0.05, 0.1) is 38.5 Å². The SMILES string of the molecule is CCOc1ccc2oc(C(=O)N3CC[NH+]([C@H]4CCS(=O)(=O)C4)CC3)c(C)c2c1. The highest BCUT2D eigenvalue weighted by Crippen LogP contribution is 2.29. The van der Waals surface area contributed by atoms with Crippen LogP contribution in [0.15, 0.2) is 22.6 Å². The Balaban J connectivity index is 1.46. The Morgan fingerprint density at radius 3 is 2.71 bits per heavy atom.